The van der Waals surface area contributed by atoms with E-state index in [9.17, 15) is 4.79 Å². The molecule has 21 heavy (non-hydrogen) atoms. The van der Waals surface area contributed by atoms with Crippen LogP contribution >= 0.6 is 0 Å². The van der Waals surface area contributed by atoms with E-state index in [2.05, 4.69) is 10.1 Å². The Hall–Kier alpha value is -1.43. The molecule has 0 aliphatic carbocycles. The minimum atomic E-state index is -0.552. The minimum Gasteiger partial charge on any atom is -0.465 e. The van der Waals surface area contributed by atoms with Crippen molar-refractivity contribution in [3.05, 3.63) is 11.7 Å². The number of nitrogens with zero attached hydrogens (tertiary/aromatic N) is 2. The monoisotopic (exact) mass is 298 g/mol. The number of aromatic nitrogens is 2. The lowest BCUT2D eigenvalue weighted by atomic mass is 9.88. The van der Waals surface area contributed by atoms with Gasteiger partial charge in [-0.2, -0.15) is 4.98 Å². The Bertz CT molecular complexity index is 462. The van der Waals surface area contributed by atoms with Gasteiger partial charge in [-0.15, -0.1) is 0 Å². The summed E-state index contributed by atoms with van der Waals surface area (Å²) in [6, 6.07) is 0. The number of methoxy groups -OCH3 is 1. The van der Waals surface area contributed by atoms with Gasteiger partial charge < -0.3 is 14.0 Å². The van der Waals surface area contributed by atoms with Crippen molar-refractivity contribution >= 4 is 5.97 Å². The molecule has 120 valence electrons. The van der Waals surface area contributed by atoms with E-state index in [4.69, 9.17) is 14.0 Å². The van der Waals surface area contributed by atoms with Crippen LogP contribution in [0.3, 0.4) is 0 Å². The average Bonchev–Trinajstić information content (AvgIpc) is 2.77. The molecule has 0 N–H and O–H groups in total. The molecular formula is C15H26N2O4. The number of esters is 1. The van der Waals surface area contributed by atoms with Crippen LogP contribution in [0, 0.1) is 11.3 Å². The second-order valence-corrected chi connectivity index (χ2v) is 6.45. The van der Waals surface area contributed by atoms with Gasteiger partial charge in [-0.3, -0.25) is 4.79 Å². The third kappa shape index (κ3) is 4.27. The Kier molecular flexibility index (Phi) is 5.89. The van der Waals surface area contributed by atoms with Crippen LogP contribution in [0.4, 0.5) is 0 Å². The van der Waals surface area contributed by atoms with Gasteiger partial charge in [0.2, 0.25) is 11.7 Å². The highest BCUT2D eigenvalue weighted by atomic mass is 16.5. The van der Waals surface area contributed by atoms with Gasteiger partial charge in [0.1, 0.15) is 12.0 Å². The van der Waals surface area contributed by atoms with Gasteiger partial charge in [0.05, 0.1) is 6.61 Å². The molecule has 0 radical (unpaired) electrons. The molecule has 0 amide bonds. The Morgan fingerprint density at radius 2 is 1.95 bits per heavy atom. The van der Waals surface area contributed by atoms with Crippen LogP contribution in [0.5, 0.6) is 0 Å². The van der Waals surface area contributed by atoms with Gasteiger partial charge in [0, 0.05) is 7.11 Å². The molecule has 0 spiro atoms. The topological polar surface area (TPSA) is 74.5 Å². The van der Waals surface area contributed by atoms with Crippen LogP contribution in [-0.2, 0) is 14.3 Å². The van der Waals surface area contributed by atoms with Gasteiger partial charge in [0.15, 0.2) is 0 Å². The fourth-order valence-electron chi connectivity index (χ4n) is 2.22. The van der Waals surface area contributed by atoms with Gasteiger partial charge in [-0.05, 0) is 18.3 Å². The molecule has 1 heterocycles. The lowest BCUT2D eigenvalue weighted by Crippen LogP contribution is -2.23. The molecule has 1 aromatic heterocycles. The first-order valence-corrected chi connectivity index (χ1v) is 7.25. The lowest BCUT2D eigenvalue weighted by Gasteiger charge is -2.26. The summed E-state index contributed by atoms with van der Waals surface area (Å²) in [5.41, 5.74) is -0.173. The summed E-state index contributed by atoms with van der Waals surface area (Å²) in [5, 5.41) is 3.98. The molecule has 1 aromatic rings. The molecule has 0 saturated carbocycles. The molecule has 0 aromatic carbocycles. The highest BCUT2D eigenvalue weighted by Crippen LogP contribution is 2.35. The van der Waals surface area contributed by atoms with Crippen LogP contribution in [-0.4, -0.2) is 29.8 Å². The van der Waals surface area contributed by atoms with Gasteiger partial charge >= 0.3 is 5.97 Å². The zero-order chi connectivity index (χ0) is 16.2. The summed E-state index contributed by atoms with van der Waals surface area (Å²) in [6.45, 7) is 12.0. The van der Waals surface area contributed by atoms with Crippen molar-refractivity contribution < 1.29 is 18.8 Å². The largest absolute Gasteiger partial charge is 0.465 e. The summed E-state index contributed by atoms with van der Waals surface area (Å²) < 4.78 is 15.8. The van der Waals surface area contributed by atoms with E-state index in [-0.39, 0.29) is 29.3 Å². The maximum absolute atomic E-state index is 12.0. The highest BCUT2D eigenvalue weighted by molar-refractivity contribution is 5.77. The van der Waals surface area contributed by atoms with Gasteiger partial charge in [-0.25, -0.2) is 0 Å². The van der Waals surface area contributed by atoms with Gasteiger partial charge in [0.25, 0.3) is 0 Å². The number of hydrogen-bond acceptors (Lipinski definition) is 6. The zero-order valence-electron chi connectivity index (χ0n) is 14.0. The molecular weight excluding hydrogens is 272 g/mol. The first-order valence-electron chi connectivity index (χ1n) is 7.25. The van der Waals surface area contributed by atoms with Crippen molar-refractivity contribution in [1.82, 2.24) is 10.1 Å². The summed E-state index contributed by atoms with van der Waals surface area (Å²) in [4.78, 5) is 16.4. The van der Waals surface area contributed by atoms with Crippen molar-refractivity contribution in [3.63, 3.8) is 0 Å². The Balaban J connectivity index is 3.07. The van der Waals surface area contributed by atoms with Crippen molar-refractivity contribution in [3.8, 4) is 0 Å². The first kappa shape index (κ1) is 17.6. The SMILES string of the molecule is CCOC(=O)C(c1nc(C(OC)C(C)(C)C)no1)C(C)C. The maximum atomic E-state index is 12.0. The number of ether oxygens (including phenoxy) is 2. The third-order valence-corrected chi connectivity index (χ3v) is 3.19. The van der Waals surface area contributed by atoms with E-state index in [1.807, 2.05) is 34.6 Å². The summed E-state index contributed by atoms with van der Waals surface area (Å²) in [5.74, 6) is -0.149. The van der Waals surface area contributed by atoms with E-state index in [0.29, 0.717) is 12.4 Å². The Morgan fingerprint density at radius 3 is 2.38 bits per heavy atom. The normalized spacial score (nSPS) is 15.0. The number of hydrogen-bond donors (Lipinski definition) is 0. The van der Waals surface area contributed by atoms with Crippen molar-refractivity contribution in [2.75, 3.05) is 13.7 Å². The second kappa shape index (κ2) is 7.02. The van der Waals surface area contributed by atoms with Crippen molar-refractivity contribution in [1.29, 1.82) is 0 Å². The van der Waals surface area contributed by atoms with E-state index >= 15 is 0 Å². The van der Waals surface area contributed by atoms with Crippen LogP contribution in [0.1, 0.15) is 65.3 Å². The van der Waals surface area contributed by atoms with Crippen LogP contribution in [0.15, 0.2) is 4.52 Å². The fourth-order valence-corrected chi connectivity index (χ4v) is 2.22. The Labute approximate surface area is 126 Å². The zero-order valence-corrected chi connectivity index (χ0v) is 14.0. The quantitative estimate of drug-likeness (QED) is 0.751. The molecule has 0 bridgehead atoms. The van der Waals surface area contributed by atoms with Crippen LogP contribution in [0.25, 0.3) is 0 Å². The first-order chi connectivity index (χ1) is 9.72. The number of rotatable bonds is 6. The third-order valence-electron chi connectivity index (χ3n) is 3.19. The predicted molar refractivity (Wildman–Crippen MR) is 77.7 cm³/mol. The van der Waals surface area contributed by atoms with Crippen molar-refractivity contribution in [2.45, 2.75) is 53.6 Å². The molecule has 2 unspecified atom stereocenters. The number of carbonyl (C=O) groups excluding carboxylic acids is 1. The summed E-state index contributed by atoms with van der Waals surface area (Å²) >= 11 is 0. The summed E-state index contributed by atoms with van der Waals surface area (Å²) in [6.07, 6.45) is -0.301. The summed E-state index contributed by atoms with van der Waals surface area (Å²) in [7, 11) is 1.61. The smallest absolute Gasteiger partial charge is 0.318 e. The molecule has 6 nitrogen and oxygen atoms in total. The van der Waals surface area contributed by atoms with Crippen molar-refractivity contribution in [2.24, 2.45) is 11.3 Å². The molecule has 0 fully saturated rings. The van der Waals surface area contributed by atoms with E-state index in [1.165, 1.54) is 0 Å². The molecule has 1 rings (SSSR count). The van der Waals surface area contributed by atoms with E-state index < -0.39 is 5.92 Å². The standard InChI is InChI=1S/C15H26N2O4/c1-8-20-14(18)10(9(2)3)13-16-12(17-21-13)11(19-7)15(4,5)6/h9-11H,8H2,1-7H3. The van der Waals surface area contributed by atoms with E-state index in [1.54, 1.807) is 14.0 Å². The maximum Gasteiger partial charge on any atom is 0.318 e. The van der Waals surface area contributed by atoms with Crippen LogP contribution in [0.2, 0.25) is 0 Å². The molecule has 2 atom stereocenters. The molecule has 0 saturated heterocycles. The Morgan fingerprint density at radius 1 is 1.33 bits per heavy atom. The minimum absolute atomic E-state index is 0.00739. The van der Waals surface area contributed by atoms with E-state index in [0.717, 1.165) is 0 Å². The fraction of sp³-hybridized carbons (Fsp3) is 0.800. The lowest BCUT2D eigenvalue weighted by molar-refractivity contribution is -0.146. The predicted octanol–water partition coefficient (Wildman–Crippen LogP) is 3.11. The molecule has 6 heteroatoms. The van der Waals surface area contributed by atoms with Crippen LogP contribution < -0.4 is 0 Å². The molecule has 0 aliphatic heterocycles. The highest BCUT2D eigenvalue weighted by Gasteiger charge is 2.35. The average molecular weight is 298 g/mol. The second-order valence-electron chi connectivity index (χ2n) is 6.45. The molecule has 0 aliphatic rings. The number of carbonyl (C=O) groups is 1. The van der Waals surface area contributed by atoms with Gasteiger partial charge in [-0.1, -0.05) is 39.8 Å².